The summed E-state index contributed by atoms with van der Waals surface area (Å²) in [6.07, 6.45) is 2.28. The molecule has 1 saturated heterocycles. The summed E-state index contributed by atoms with van der Waals surface area (Å²) in [6, 6.07) is 5.46. The predicted octanol–water partition coefficient (Wildman–Crippen LogP) is 4.80. The van der Waals surface area contributed by atoms with E-state index in [9.17, 15) is 4.39 Å². The number of aryl methyl sites for hydroxylation is 1. The van der Waals surface area contributed by atoms with Crippen molar-refractivity contribution in [2.45, 2.75) is 50.2 Å². The first kappa shape index (κ1) is 17.2. The van der Waals surface area contributed by atoms with Crippen LogP contribution in [-0.4, -0.2) is 28.6 Å². The lowest BCUT2D eigenvalue weighted by Crippen LogP contribution is -2.39. The molecule has 1 aromatic rings. The predicted molar refractivity (Wildman–Crippen MR) is 95.0 cm³/mol. The monoisotopic (exact) mass is 327 g/mol. The van der Waals surface area contributed by atoms with E-state index >= 15 is 0 Å². The smallest absolute Gasteiger partial charge is 0.123 e. The molecule has 1 nitrogen and oxygen atoms in total. The highest BCUT2D eigenvalue weighted by Crippen LogP contribution is 2.41. The average Bonchev–Trinajstić information content (AvgIpc) is 2.51. The van der Waals surface area contributed by atoms with Gasteiger partial charge in [0.2, 0.25) is 0 Å². The van der Waals surface area contributed by atoms with E-state index in [-0.39, 0.29) is 11.9 Å². The summed E-state index contributed by atoms with van der Waals surface area (Å²) in [5, 5.41) is 4.87. The molecule has 3 atom stereocenters. The van der Waals surface area contributed by atoms with E-state index in [0.29, 0.717) is 10.5 Å². The fourth-order valence-corrected chi connectivity index (χ4v) is 6.14. The van der Waals surface area contributed by atoms with Crippen LogP contribution in [0.2, 0.25) is 0 Å². The van der Waals surface area contributed by atoms with Gasteiger partial charge in [0, 0.05) is 28.0 Å². The van der Waals surface area contributed by atoms with Gasteiger partial charge >= 0.3 is 0 Å². The molecule has 3 unspecified atom stereocenters. The van der Waals surface area contributed by atoms with E-state index in [1.54, 1.807) is 12.1 Å². The van der Waals surface area contributed by atoms with Crippen LogP contribution in [-0.2, 0) is 0 Å². The molecule has 1 fully saturated rings. The standard InChI is InChI=1S/C17H26FNS2/c1-4-8-19-16(14-11-13(18)7-6-12(14)3)17-15(5-2)20-9-10-21-17/h6-7,11,15-17,19H,4-5,8-10H2,1-3H3. The van der Waals surface area contributed by atoms with Crippen molar-refractivity contribution in [3.63, 3.8) is 0 Å². The molecular weight excluding hydrogens is 301 g/mol. The summed E-state index contributed by atoms with van der Waals surface area (Å²) in [5.74, 6) is 2.31. The summed E-state index contributed by atoms with van der Waals surface area (Å²) in [4.78, 5) is 0. The number of rotatable bonds is 6. The third-order valence-corrected chi connectivity index (χ3v) is 7.36. The van der Waals surface area contributed by atoms with Gasteiger partial charge in [0.05, 0.1) is 0 Å². The van der Waals surface area contributed by atoms with Gasteiger partial charge in [-0.25, -0.2) is 4.39 Å². The van der Waals surface area contributed by atoms with E-state index in [2.05, 4.69) is 49.6 Å². The second-order valence-electron chi connectivity index (χ2n) is 5.59. The van der Waals surface area contributed by atoms with Gasteiger partial charge in [0.1, 0.15) is 5.82 Å². The Morgan fingerprint density at radius 3 is 2.76 bits per heavy atom. The normalized spacial score (nSPS) is 24.0. The maximum absolute atomic E-state index is 13.7. The Kier molecular flexibility index (Phi) is 6.90. The molecule has 0 radical (unpaired) electrons. The summed E-state index contributed by atoms with van der Waals surface area (Å²) in [5.41, 5.74) is 2.33. The third kappa shape index (κ3) is 4.40. The van der Waals surface area contributed by atoms with Gasteiger partial charge in [-0.05, 0) is 49.6 Å². The summed E-state index contributed by atoms with van der Waals surface area (Å²) >= 11 is 4.14. The highest BCUT2D eigenvalue weighted by atomic mass is 32.2. The molecule has 0 spiro atoms. The number of nitrogens with one attached hydrogen (secondary N) is 1. The summed E-state index contributed by atoms with van der Waals surface area (Å²) < 4.78 is 13.7. The average molecular weight is 328 g/mol. The molecule has 118 valence electrons. The highest BCUT2D eigenvalue weighted by molar-refractivity contribution is 8.07. The third-order valence-electron chi connectivity index (χ3n) is 4.01. The first-order chi connectivity index (χ1) is 10.2. The van der Waals surface area contributed by atoms with Crippen LogP contribution >= 0.6 is 23.5 Å². The van der Waals surface area contributed by atoms with Gasteiger partial charge < -0.3 is 5.32 Å². The molecule has 0 aromatic heterocycles. The molecular formula is C17H26FNS2. The second-order valence-corrected chi connectivity index (χ2v) is 8.22. The number of hydrogen-bond donors (Lipinski definition) is 1. The van der Waals surface area contributed by atoms with Crippen LogP contribution in [0.5, 0.6) is 0 Å². The molecule has 0 aliphatic carbocycles. The van der Waals surface area contributed by atoms with E-state index in [1.165, 1.54) is 23.5 Å². The molecule has 1 heterocycles. The van der Waals surface area contributed by atoms with Gasteiger partial charge in [-0.15, -0.1) is 0 Å². The zero-order valence-electron chi connectivity index (χ0n) is 13.2. The van der Waals surface area contributed by atoms with Crippen LogP contribution in [0.25, 0.3) is 0 Å². The lowest BCUT2D eigenvalue weighted by atomic mass is 9.95. The lowest BCUT2D eigenvalue weighted by molar-refractivity contribution is 0.492. The molecule has 0 saturated carbocycles. The largest absolute Gasteiger partial charge is 0.309 e. The Labute approximate surface area is 136 Å². The number of thioether (sulfide) groups is 2. The maximum atomic E-state index is 13.7. The first-order valence-electron chi connectivity index (χ1n) is 7.90. The minimum absolute atomic E-state index is 0.125. The minimum Gasteiger partial charge on any atom is -0.309 e. The Morgan fingerprint density at radius 1 is 1.29 bits per heavy atom. The summed E-state index contributed by atoms with van der Waals surface area (Å²) in [6.45, 7) is 7.53. The van der Waals surface area contributed by atoms with Crippen LogP contribution < -0.4 is 5.32 Å². The van der Waals surface area contributed by atoms with Crippen molar-refractivity contribution in [1.29, 1.82) is 0 Å². The van der Waals surface area contributed by atoms with E-state index < -0.39 is 0 Å². The topological polar surface area (TPSA) is 12.0 Å². The lowest BCUT2D eigenvalue weighted by Gasteiger charge is -2.37. The van der Waals surface area contributed by atoms with Gasteiger partial charge in [0.15, 0.2) is 0 Å². The molecule has 1 aliphatic heterocycles. The van der Waals surface area contributed by atoms with Crippen molar-refractivity contribution in [1.82, 2.24) is 5.32 Å². The molecule has 21 heavy (non-hydrogen) atoms. The van der Waals surface area contributed by atoms with Crippen molar-refractivity contribution >= 4 is 23.5 Å². The minimum atomic E-state index is -0.125. The van der Waals surface area contributed by atoms with Crippen LogP contribution in [0.4, 0.5) is 4.39 Å². The molecule has 0 bridgehead atoms. The second kappa shape index (κ2) is 8.44. The van der Waals surface area contributed by atoms with Crippen LogP contribution in [0.1, 0.15) is 43.9 Å². The fraction of sp³-hybridized carbons (Fsp3) is 0.647. The number of hydrogen-bond acceptors (Lipinski definition) is 3. The van der Waals surface area contributed by atoms with Crippen molar-refractivity contribution in [3.8, 4) is 0 Å². The molecule has 1 N–H and O–H groups in total. The zero-order chi connectivity index (χ0) is 15.2. The fourth-order valence-electron chi connectivity index (χ4n) is 2.90. The Bertz CT molecular complexity index is 452. The Hall–Kier alpha value is -0.190. The number of halogens is 1. The van der Waals surface area contributed by atoms with Gasteiger partial charge in [-0.3, -0.25) is 0 Å². The quantitative estimate of drug-likeness (QED) is 0.806. The van der Waals surface area contributed by atoms with Crippen LogP contribution in [0, 0.1) is 12.7 Å². The number of benzene rings is 1. The van der Waals surface area contributed by atoms with Gasteiger partial charge in [0.25, 0.3) is 0 Å². The van der Waals surface area contributed by atoms with Crippen molar-refractivity contribution < 1.29 is 4.39 Å². The van der Waals surface area contributed by atoms with Crippen molar-refractivity contribution in [3.05, 3.63) is 35.1 Å². The zero-order valence-corrected chi connectivity index (χ0v) is 14.8. The molecule has 1 aliphatic rings. The summed E-state index contributed by atoms with van der Waals surface area (Å²) in [7, 11) is 0. The molecule has 4 heteroatoms. The van der Waals surface area contributed by atoms with Gasteiger partial charge in [-0.1, -0.05) is 19.9 Å². The van der Waals surface area contributed by atoms with E-state index in [0.717, 1.165) is 18.5 Å². The van der Waals surface area contributed by atoms with Crippen LogP contribution in [0.15, 0.2) is 18.2 Å². The van der Waals surface area contributed by atoms with Crippen LogP contribution in [0.3, 0.4) is 0 Å². The van der Waals surface area contributed by atoms with Crippen molar-refractivity contribution in [2.24, 2.45) is 0 Å². The Morgan fingerprint density at radius 2 is 2.05 bits per heavy atom. The van der Waals surface area contributed by atoms with E-state index in [4.69, 9.17) is 0 Å². The van der Waals surface area contributed by atoms with E-state index in [1.807, 2.05) is 6.07 Å². The Balaban J connectivity index is 2.30. The molecule has 0 amide bonds. The van der Waals surface area contributed by atoms with Gasteiger partial charge in [-0.2, -0.15) is 23.5 Å². The maximum Gasteiger partial charge on any atom is 0.123 e. The molecule has 2 rings (SSSR count). The molecule has 1 aromatic carbocycles. The van der Waals surface area contributed by atoms with Crippen molar-refractivity contribution in [2.75, 3.05) is 18.1 Å². The highest BCUT2D eigenvalue weighted by Gasteiger charge is 2.33. The first-order valence-corrected chi connectivity index (χ1v) is 9.99. The SMILES string of the molecule is CCCNC(c1cc(F)ccc1C)C1SCCSC1CC.